The van der Waals surface area contributed by atoms with Gasteiger partial charge in [-0.25, -0.2) is 42.6 Å². The fourth-order valence-electron chi connectivity index (χ4n) is 8.57. The van der Waals surface area contributed by atoms with Crippen LogP contribution in [0.25, 0.3) is 22.3 Å². The minimum Gasteiger partial charge on any atom is -0.387 e. The number of ether oxygens (including phenoxy) is 4. The normalized spacial score (nSPS) is 29.8. The number of carbonyl (C=O) groups excluding carboxylic acids is 1. The number of imidazole rings is 2. The first-order chi connectivity index (χ1) is 36.0. The predicted molar refractivity (Wildman–Crippen MR) is 251 cm³/mol. The molecule has 4 unspecified atom stereocenters. The molecule has 0 aliphatic carbocycles. The zero-order chi connectivity index (χ0) is 56.3. The Morgan fingerprint density at radius 1 is 0.844 bits per heavy atom. The minimum atomic E-state index is -5.99. The Balaban J connectivity index is 0.951. The number of anilines is 2. The molecule has 3 saturated heterocycles. The lowest BCUT2D eigenvalue weighted by Crippen LogP contribution is -2.45. The molecule has 0 spiro atoms. The monoisotopic (exact) mass is 1180 g/mol. The van der Waals surface area contributed by atoms with Gasteiger partial charge in [0.15, 0.2) is 30.2 Å². The summed E-state index contributed by atoms with van der Waals surface area (Å²) in [5, 5.41) is 32.8. The van der Waals surface area contributed by atoms with E-state index in [1.165, 1.54) is 50.9 Å². The van der Waals surface area contributed by atoms with Crippen molar-refractivity contribution < 1.29 is 104 Å². The third-order valence-electron chi connectivity index (χ3n) is 12.1. The number of amides is 1. The third kappa shape index (κ3) is 12.5. The second kappa shape index (κ2) is 22.2. The highest BCUT2D eigenvalue weighted by molar-refractivity contribution is 7.71. The summed E-state index contributed by atoms with van der Waals surface area (Å²) in [4.78, 5) is 115. The van der Waals surface area contributed by atoms with E-state index >= 15 is 0 Å². The maximum absolute atomic E-state index is 13.6. The van der Waals surface area contributed by atoms with Crippen molar-refractivity contribution in [1.82, 2.24) is 53.4 Å². The maximum Gasteiger partial charge on any atom is 0.480 e. The number of aromatic nitrogens is 10. The summed E-state index contributed by atoms with van der Waals surface area (Å²) >= 11 is 0. The highest BCUT2D eigenvalue weighted by atomic mass is 31.3. The van der Waals surface area contributed by atoms with Gasteiger partial charge in [0.2, 0.25) is 17.7 Å². The lowest BCUT2D eigenvalue weighted by atomic mass is 9.94. The SMILES string of the molecule is CO[C@@H]1[C@H](OP(=O)(O)OC[C@H]2O[C@@H](n3ccc(=O)[nH]c3=O)[C@H](O)[C@@H]2O)[C@@H](COP(=O)(O)NP(=O)(O)OP(=O)(O)OC[C@H]2O[C@@H]([n+]3cn(C)c4c(=O)[nH]c(N)nc43)[C@H](O)[C@@H]2CC(=O)N(C)C)O[C@H]1n1cnc2c(N)ncnc21. The van der Waals surface area contributed by atoms with Crippen LogP contribution in [0.15, 0.2) is 45.6 Å². The molecule has 424 valence electrons. The molecule has 0 bridgehead atoms. The van der Waals surface area contributed by atoms with Crippen molar-refractivity contribution in [3.05, 3.63) is 62.4 Å². The van der Waals surface area contributed by atoms with Gasteiger partial charge in [0, 0.05) is 45.8 Å². The number of carbonyl (C=O) groups is 1. The number of hydrogen-bond acceptors (Lipinski definition) is 26. The van der Waals surface area contributed by atoms with Gasteiger partial charge in [0.25, 0.3) is 17.1 Å². The molecular formula is C35H51N14O24P4+. The maximum atomic E-state index is 13.6. The number of methoxy groups -OCH3 is 1. The molecule has 3 aliphatic rings. The van der Waals surface area contributed by atoms with E-state index in [9.17, 15) is 72.3 Å². The molecule has 16 atom stereocenters. The smallest absolute Gasteiger partial charge is 0.387 e. The lowest BCUT2D eigenvalue weighted by molar-refractivity contribution is -0.745. The van der Waals surface area contributed by atoms with E-state index in [1.54, 1.807) is 0 Å². The van der Waals surface area contributed by atoms with E-state index in [2.05, 4.69) is 29.2 Å². The molecule has 3 fully saturated rings. The Bertz CT molecular complexity index is 3410. The summed E-state index contributed by atoms with van der Waals surface area (Å²) in [6.07, 6.45) is -14.1. The average Bonchev–Trinajstić information content (AvgIpc) is 4.13. The van der Waals surface area contributed by atoms with E-state index in [1.807, 2.05) is 4.98 Å². The Hall–Kier alpha value is -5.11. The first kappa shape index (κ1) is 58.0. The largest absolute Gasteiger partial charge is 0.480 e. The number of H-pyrrole nitrogens is 2. The number of phosphoric ester groups is 2. The van der Waals surface area contributed by atoms with Gasteiger partial charge < -0.3 is 70.2 Å². The van der Waals surface area contributed by atoms with Crippen LogP contribution in [-0.2, 0) is 71.5 Å². The number of aliphatic hydroxyl groups is 3. The van der Waals surface area contributed by atoms with Gasteiger partial charge >= 0.3 is 42.5 Å². The molecule has 8 rings (SSSR count). The summed E-state index contributed by atoms with van der Waals surface area (Å²) in [7, 11) is -17.6. The lowest BCUT2D eigenvalue weighted by Gasteiger charge is -2.26. The number of fused-ring (bicyclic) bond motifs is 2. The highest BCUT2D eigenvalue weighted by Gasteiger charge is 2.54. The number of nitrogens with one attached hydrogen (secondary N) is 3. The standard InChI is InChI=1S/C35H50N14O24P4/c1-45(2)19(51)7-14-15(69-31(22(14)52)49-13-46(3)21-29(49)42-34(37)43-30(21)55)8-68-77(63,64)73-75(59,60)44-74(57,58)66-10-17-25(26(65-4)33(71-17)48-12-40-20-27(36)38-11-39-28(20)48)72-76(61,62)67-9-16-23(53)24(54)32(70-16)47-6-5-18(50)41-35(47)56/h5-6,11-17,22-26,31-33,52-54H,7-10H2,1-4H3,(H10-,36,37,38,39,41,42,43,44,50,55,56,57,58,59,60,61,62,63,64)/p+1/t14-,15-,16-,17-,22-,23-,24-,25-,26-,31-,32-,33-/m1/s1. The molecule has 38 nitrogen and oxygen atoms in total. The van der Waals surface area contributed by atoms with Crippen molar-refractivity contribution >= 4 is 71.1 Å². The van der Waals surface area contributed by atoms with Crippen molar-refractivity contribution in [2.45, 2.75) is 73.9 Å². The van der Waals surface area contributed by atoms with Crippen molar-refractivity contribution in [3.8, 4) is 0 Å². The van der Waals surface area contributed by atoms with Gasteiger partial charge in [0.05, 0.1) is 39.3 Å². The highest BCUT2D eigenvalue weighted by Crippen LogP contribution is 2.62. The summed E-state index contributed by atoms with van der Waals surface area (Å²) in [5.41, 5.74) is 9.21. The van der Waals surface area contributed by atoms with Crippen molar-refractivity contribution in [1.29, 1.82) is 0 Å². The summed E-state index contributed by atoms with van der Waals surface area (Å²) in [6.45, 7) is -3.26. The Labute approximate surface area is 429 Å². The van der Waals surface area contributed by atoms with Gasteiger partial charge in [-0.15, -0.1) is 4.86 Å². The molecule has 42 heteroatoms. The van der Waals surface area contributed by atoms with Gasteiger partial charge in [-0.05, 0) is 0 Å². The zero-order valence-corrected chi connectivity index (χ0v) is 43.8. The van der Waals surface area contributed by atoms with Crippen LogP contribution in [0.5, 0.6) is 0 Å². The molecule has 3 aliphatic heterocycles. The fraction of sp³-hybridized carbons (Fsp3) is 0.571. The molecule has 77 heavy (non-hydrogen) atoms. The molecule has 0 aromatic carbocycles. The van der Waals surface area contributed by atoms with Crippen LogP contribution in [0, 0.1) is 5.92 Å². The Morgan fingerprint density at radius 3 is 2.21 bits per heavy atom. The second-order valence-electron chi connectivity index (χ2n) is 17.5. The number of nitrogen functional groups attached to an aromatic ring is 2. The summed E-state index contributed by atoms with van der Waals surface area (Å²) in [5.74, 6) is -2.16. The van der Waals surface area contributed by atoms with E-state index in [0.717, 1.165) is 36.6 Å². The summed E-state index contributed by atoms with van der Waals surface area (Å²) < 4.78 is 106. The van der Waals surface area contributed by atoms with Crippen LogP contribution in [0.3, 0.4) is 0 Å². The van der Waals surface area contributed by atoms with Crippen LogP contribution >= 0.6 is 31.1 Å². The Kier molecular flexibility index (Phi) is 16.7. The number of phosphoric acid groups is 2. The number of rotatable bonds is 21. The van der Waals surface area contributed by atoms with Crippen LogP contribution in [0.1, 0.15) is 25.1 Å². The van der Waals surface area contributed by atoms with Gasteiger partial charge in [-0.2, -0.15) is 4.31 Å². The molecule has 0 saturated carbocycles. The number of nitrogens with two attached hydrogens (primary N) is 2. The number of aromatic amines is 2. The fourth-order valence-corrected chi connectivity index (χ4v) is 13.5. The van der Waals surface area contributed by atoms with Crippen LogP contribution in [0.4, 0.5) is 11.8 Å². The minimum absolute atomic E-state index is 0.00348. The first-order valence-electron chi connectivity index (χ1n) is 22.2. The number of aliphatic hydroxyl groups excluding tert-OH is 3. The van der Waals surface area contributed by atoms with E-state index in [-0.39, 0.29) is 34.1 Å². The van der Waals surface area contributed by atoms with E-state index in [4.69, 9.17) is 48.5 Å². The van der Waals surface area contributed by atoms with Crippen LogP contribution in [-0.4, -0.2) is 179 Å². The average molecular weight is 1180 g/mol. The topological polar surface area (TPSA) is 530 Å². The molecule has 8 heterocycles. The first-order valence-corrected chi connectivity index (χ1v) is 28.3. The van der Waals surface area contributed by atoms with Gasteiger partial charge in [0.1, 0.15) is 54.6 Å². The molecule has 1 amide bonds. The molecule has 5 aromatic heterocycles. The third-order valence-corrected chi connectivity index (χ3v) is 17.8. The molecule has 14 N–H and O–H groups in total. The zero-order valence-electron chi connectivity index (χ0n) is 40.2. The summed E-state index contributed by atoms with van der Waals surface area (Å²) in [6, 6.07) is 0.925. The molecule has 5 aromatic rings. The van der Waals surface area contributed by atoms with Gasteiger partial charge in [-0.3, -0.25) is 56.1 Å². The number of hydrogen-bond donors (Lipinski definition) is 12. The van der Waals surface area contributed by atoms with Crippen molar-refractivity contribution in [3.63, 3.8) is 0 Å². The second-order valence-corrected chi connectivity index (χ2v) is 23.9. The predicted octanol–water partition coefficient (Wildman–Crippen LogP) is -4.57. The van der Waals surface area contributed by atoms with Gasteiger partial charge in [-0.1, -0.05) is 4.98 Å². The van der Waals surface area contributed by atoms with Crippen LogP contribution < -0.4 is 37.7 Å². The van der Waals surface area contributed by atoms with E-state index < -0.39 is 154 Å². The van der Waals surface area contributed by atoms with E-state index in [0.29, 0.717) is 0 Å². The number of nitrogens with zero attached hydrogens (tertiary/aromatic N) is 9. The molecular weight excluding hydrogens is 1120 g/mol. The van der Waals surface area contributed by atoms with Crippen molar-refractivity contribution in [2.75, 3.05) is 52.5 Å². The quantitative estimate of drug-likeness (QED) is 0.0243. The molecule has 0 radical (unpaired) electrons. The number of aryl methyl sites for hydroxylation is 1. The van der Waals surface area contributed by atoms with Crippen molar-refractivity contribution in [2.24, 2.45) is 13.0 Å². The Morgan fingerprint density at radius 2 is 1.52 bits per heavy atom. The van der Waals surface area contributed by atoms with Crippen LogP contribution in [0.2, 0.25) is 0 Å².